The molecule has 23 heavy (non-hydrogen) atoms. The van der Waals surface area contributed by atoms with Gasteiger partial charge >= 0.3 is 0 Å². The van der Waals surface area contributed by atoms with E-state index < -0.39 is 0 Å². The summed E-state index contributed by atoms with van der Waals surface area (Å²) < 4.78 is 0. The van der Waals surface area contributed by atoms with E-state index in [0.717, 1.165) is 17.8 Å². The molecule has 1 amide bonds. The first-order chi connectivity index (χ1) is 11.2. The van der Waals surface area contributed by atoms with E-state index >= 15 is 0 Å². The molecule has 1 aromatic carbocycles. The SMILES string of the molecule is CNCc1cccc(C=CCC(=O)Nc2cc(C3CC3)n[nH]2)c1. The van der Waals surface area contributed by atoms with Crippen LogP contribution in [0.3, 0.4) is 0 Å². The molecule has 120 valence electrons. The Balaban J connectivity index is 1.50. The van der Waals surface area contributed by atoms with Crippen LogP contribution in [0.4, 0.5) is 5.82 Å². The van der Waals surface area contributed by atoms with E-state index in [1.54, 1.807) is 0 Å². The van der Waals surface area contributed by atoms with Crippen LogP contribution >= 0.6 is 0 Å². The molecule has 3 rings (SSSR count). The fraction of sp³-hybridized carbons (Fsp3) is 0.333. The van der Waals surface area contributed by atoms with Gasteiger partial charge in [0.05, 0.1) is 5.69 Å². The first-order valence-electron chi connectivity index (χ1n) is 8.00. The molecule has 0 aliphatic heterocycles. The summed E-state index contributed by atoms with van der Waals surface area (Å²) >= 11 is 0. The van der Waals surface area contributed by atoms with Gasteiger partial charge in [0, 0.05) is 24.9 Å². The lowest BCUT2D eigenvalue weighted by molar-refractivity contribution is -0.115. The number of hydrogen-bond acceptors (Lipinski definition) is 3. The normalized spacial score (nSPS) is 14.3. The summed E-state index contributed by atoms with van der Waals surface area (Å²) in [6.07, 6.45) is 6.60. The molecule has 0 spiro atoms. The number of hydrogen-bond donors (Lipinski definition) is 3. The molecule has 1 aliphatic rings. The highest BCUT2D eigenvalue weighted by atomic mass is 16.1. The zero-order valence-corrected chi connectivity index (χ0v) is 13.3. The largest absolute Gasteiger partial charge is 0.316 e. The molecule has 0 bridgehead atoms. The number of aromatic nitrogens is 2. The van der Waals surface area contributed by atoms with E-state index in [2.05, 4.69) is 33.0 Å². The predicted molar refractivity (Wildman–Crippen MR) is 92.0 cm³/mol. The van der Waals surface area contributed by atoms with E-state index in [9.17, 15) is 4.79 Å². The number of anilines is 1. The number of benzene rings is 1. The van der Waals surface area contributed by atoms with Gasteiger partial charge in [-0.05, 0) is 31.0 Å². The summed E-state index contributed by atoms with van der Waals surface area (Å²) in [5.74, 6) is 1.22. The van der Waals surface area contributed by atoms with Gasteiger partial charge in [-0.1, -0.05) is 36.4 Å². The van der Waals surface area contributed by atoms with Crippen LogP contribution in [0.2, 0.25) is 0 Å². The number of carbonyl (C=O) groups excluding carboxylic acids is 1. The van der Waals surface area contributed by atoms with Gasteiger partial charge in [0.15, 0.2) is 0 Å². The van der Waals surface area contributed by atoms with Crippen molar-refractivity contribution in [3.63, 3.8) is 0 Å². The van der Waals surface area contributed by atoms with Gasteiger partial charge in [-0.3, -0.25) is 9.89 Å². The first kappa shape index (κ1) is 15.5. The van der Waals surface area contributed by atoms with Crippen LogP contribution in [0.15, 0.2) is 36.4 Å². The molecular weight excluding hydrogens is 288 g/mol. The third kappa shape index (κ3) is 4.53. The number of nitrogens with zero attached hydrogens (tertiary/aromatic N) is 1. The topological polar surface area (TPSA) is 69.8 Å². The second kappa shape index (κ2) is 7.24. The summed E-state index contributed by atoms with van der Waals surface area (Å²) in [5, 5.41) is 13.1. The van der Waals surface area contributed by atoms with E-state index in [-0.39, 0.29) is 5.91 Å². The molecule has 1 fully saturated rings. The van der Waals surface area contributed by atoms with Crippen molar-refractivity contribution in [2.45, 2.75) is 31.7 Å². The quantitative estimate of drug-likeness (QED) is 0.736. The Bertz CT molecular complexity index is 701. The van der Waals surface area contributed by atoms with Crippen LogP contribution in [0, 0.1) is 0 Å². The smallest absolute Gasteiger partial charge is 0.229 e. The zero-order chi connectivity index (χ0) is 16.1. The van der Waals surface area contributed by atoms with Gasteiger partial charge in [0.1, 0.15) is 5.82 Å². The van der Waals surface area contributed by atoms with Crippen molar-refractivity contribution in [1.82, 2.24) is 15.5 Å². The molecule has 0 atom stereocenters. The van der Waals surface area contributed by atoms with Crippen molar-refractivity contribution in [3.05, 3.63) is 53.2 Å². The fourth-order valence-electron chi connectivity index (χ4n) is 2.50. The minimum atomic E-state index is -0.0429. The third-order valence-corrected chi connectivity index (χ3v) is 3.81. The van der Waals surface area contributed by atoms with Crippen LogP contribution in [0.5, 0.6) is 0 Å². The van der Waals surface area contributed by atoms with Crippen LogP contribution in [0.1, 0.15) is 42.0 Å². The van der Waals surface area contributed by atoms with Gasteiger partial charge in [0.25, 0.3) is 0 Å². The van der Waals surface area contributed by atoms with E-state index in [1.807, 2.05) is 37.4 Å². The van der Waals surface area contributed by atoms with E-state index in [4.69, 9.17) is 0 Å². The first-order valence-corrected chi connectivity index (χ1v) is 8.00. The second-order valence-corrected chi connectivity index (χ2v) is 5.91. The molecule has 1 heterocycles. The minimum Gasteiger partial charge on any atom is -0.316 e. The molecule has 0 saturated heterocycles. The number of nitrogens with one attached hydrogen (secondary N) is 3. The lowest BCUT2D eigenvalue weighted by Crippen LogP contribution is -2.10. The highest BCUT2D eigenvalue weighted by molar-refractivity contribution is 5.91. The Labute approximate surface area is 136 Å². The number of H-pyrrole nitrogens is 1. The van der Waals surface area contributed by atoms with Gasteiger partial charge in [-0.15, -0.1) is 0 Å². The average Bonchev–Trinajstić information content (AvgIpc) is 3.29. The van der Waals surface area contributed by atoms with Gasteiger partial charge in [0.2, 0.25) is 5.91 Å². The van der Waals surface area contributed by atoms with Crippen LogP contribution in [0.25, 0.3) is 6.08 Å². The third-order valence-electron chi connectivity index (χ3n) is 3.81. The van der Waals surface area contributed by atoms with Crippen molar-refractivity contribution in [2.24, 2.45) is 0 Å². The molecule has 1 saturated carbocycles. The molecule has 5 nitrogen and oxygen atoms in total. The Morgan fingerprint density at radius 1 is 1.39 bits per heavy atom. The summed E-state index contributed by atoms with van der Waals surface area (Å²) in [4.78, 5) is 11.9. The highest BCUT2D eigenvalue weighted by Gasteiger charge is 2.26. The van der Waals surface area contributed by atoms with Gasteiger partial charge in [-0.25, -0.2) is 0 Å². The van der Waals surface area contributed by atoms with Crippen molar-refractivity contribution in [2.75, 3.05) is 12.4 Å². The van der Waals surface area contributed by atoms with Gasteiger partial charge < -0.3 is 10.6 Å². The number of amides is 1. The molecule has 5 heteroatoms. The molecular formula is C18H22N4O. The molecule has 3 N–H and O–H groups in total. The fourth-order valence-corrected chi connectivity index (χ4v) is 2.50. The van der Waals surface area contributed by atoms with Crippen molar-refractivity contribution >= 4 is 17.8 Å². The summed E-state index contributed by atoms with van der Waals surface area (Å²) in [5.41, 5.74) is 3.38. The standard InChI is InChI=1S/C18H22N4O/c1-19-12-14-6-2-4-13(10-14)5-3-7-18(23)20-17-11-16(21-22-17)15-8-9-15/h2-6,10-11,15,19H,7-9,12H2,1H3,(H2,20,21,22,23). The second-order valence-electron chi connectivity index (χ2n) is 5.91. The average molecular weight is 310 g/mol. The number of rotatable bonds is 7. The molecule has 2 aromatic rings. The van der Waals surface area contributed by atoms with Crippen molar-refractivity contribution in [3.8, 4) is 0 Å². The maximum Gasteiger partial charge on any atom is 0.229 e. The Morgan fingerprint density at radius 2 is 2.26 bits per heavy atom. The number of carbonyl (C=O) groups is 1. The van der Waals surface area contributed by atoms with Gasteiger partial charge in [-0.2, -0.15) is 5.10 Å². The summed E-state index contributed by atoms with van der Waals surface area (Å²) in [7, 11) is 1.93. The van der Waals surface area contributed by atoms with Crippen LogP contribution in [-0.2, 0) is 11.3 Å². The van der Waals surface area contributed by atoms with Crippen molar-refractivity contribution in [1.29, 1.82) is 0 Å². The number of aromatic amines is 1. The lowest BCUT2D eigenvalue weighted by Gasteiger charge is -2.01. The molecule has 0 radical (unpaired) electrons. The zero-order valence-electron chi connectivity index (χ0n) is 13.3. The molecule has 1 aromatic heterocycles. The molecule has 0 unspecified atom stereocenters. The van der Waals surface area contributed by atoms with Crippen LogP contribution < -0.4 is 10.6 Å². The maximum atomic E-state index is 11.9. The van der Waals surface area contributed by atoms with Crippen LogP contribution in [-0.4, -0.2) is 23.2 Å². The predicted octanol–water partition coefficient (Wildman–Crippen LogP) is 3.05. The summed E-state index contributed by atoms with van der Waals surface area (Å²) in [6.45, 7) is 0.839. The minimum absolute atomic E-state index is 0.0429. The molecule has 1 aliphatic carbocycles. The van der Waals surface area contributed by atoms with E-state index in [1.165, 1.54) is 18.4 Å². The Kier molecular flexibility index (Phi) is 4.88. The van der Waals surface area contributed by atoms with E-state index in [0.29, 0.717) is 18.2 Å². The lowest BCUT2D eigenvalue weighted by atomic mass is 10.1. The Hall–Kier alpha value is -2.40. The monoisotopic (exact) mass is 310 g/mol. The maximum absolute atomic E-state index is 11.9. The Morgan fingerprint density at radius 3 is 3.04 bits per heavy atom. The highest BCUT2D eigenvalue weighted by Crippen LogP contribution is 2.39. The van der Waals surface area contributed by atoms with Crippen molar-refractivity contribution < 1.29 is 4.79 Å². The summed E-state index contributed by atoms with van der Waals surface area (Å²) in [6, 6.07) is 10.2.